The molecule has 0 saturated heterocycles. The second-order valence-electron chi connectivity index (χ2n) is 3.65. The molecule has 0 aliphatic rings. The zero-order valence-corrected chi connectivity index (χ0v) is 11.6. The summed E-state index contributed by atoms with van der Waals surface area (Å²) in [5, 5.41) is 6.50. The monoisotopic (exact) mass is 310 g/mol. The third-order valence-corrected chi connectivity index (χ3v) is 3.49. The van der Waals surface area contributed by atoms with E-state index in [1.807, 2.05) is 18.4 Å². The van der Waals surface area contributed by atoms with Gasteiger partial charge in [-0.2, -0.15) is 11.3 Å². The molecule has 5 heteroatoms. The van der Waals surface area contributed by atoms with Crippen LogP contribution in [0, 0.1) is 6.92 Å². The van der Waals surface area contributed by atoms with Crippen LogP contribution in [0.3, 0.4) is 0 Å². The van der Waals surface area contributed by atoms with Crippen LogP contribution in [0.2, 0.25) is 0 Å². The summed E-state index contributed by atoms with van der Waals surface area (Å²) < 4.78 is 0.904. The van der Waals surface area contributed by atoms with Crippen LogP contribution in [0.4, 0.5) is 11.4 Å². The van der Waals surface area contributed by atoms with Gasteiger partial charge in [0.05, 0.1) is 16.9 Å². The standard InChI is InChI=1S/C12H11BrN2OS/c1-7-4-9(13)5-10(14)11(7)15-12(16)8-2-3-17-6-8/h2-6H,14H2,1H3,(H,15,16). The molecule has 0 aliphatic carbocycles. The first-order chi connectivity index (χ1) is 8.08. The van der Waals surface area contributed by atoms with Crippen molar-refractivity contribution in [1.29, 1.82) is 0 Å². The minimum atomic E-state index is -0.136. The number of carbonyl (C=O) groups is 1. The van der Waals surface area contributed by atoms with Gasteiger partial charge in [0.25, 0.3) is 5.91 Å². The van der Waals surface area contributed by atoms with Crippen LogP contribution in [-0.4, -0.2) is 5.91 Å². The van der Waals surface area contributed by atoms with Gasteiger partial charge in [0.1, 0.15) is 0 Å². The van der Waals surface area contributed by atoms with Gasteiger partial charge in [0, 0.05) is 9.85 Å². The first-order valence-corrected chi connectivity index (χ1v) is 6.70. The first kappa shape index (κ1) is 12.1. The molecule has 1 aromatic heterocycles. The number of aryl methyl sites for hydroxylation is 1. The van der Waals surface area contributed by atoms with E-state index < -0.39 is 0 Å². The fourth-order valence-corrected chi connectivity index (χ4v) is 2.75. The summed E-state index contributed by atoms with van der Waals surface area (Å²) in [6.07, 6.45) is 0. The van der Waals surface area contributed by atoms with E-state index in [-0.39, 0.29) is 5.91 Å². The van der Waals surface area contributed by atoms with Gasteiger partial charge in [-0.25, -0.2) is 0 Å². The van der Waals surface area contributed by atoms with E-state index in [4.69, 9.17) is 5.73 Å². The predicted octanol–water partition coefficient (Wildman–Crippen LogP) is 3.65. The Hall–Kier alpha value is -1.33. The lowest BCUT2D eigenvalue weighted by atomic mass is 10.1. The Bertz CT molecular complexity index is 529. The lowest BCUT2D eigenvalue weighted by Crippen LogP contribution is -2.13. The van der Waals surface area contributed by atoms with E-state index in [9.17, 15) is 4.79 Å². The minimum absolute atomic E-state index is 0.136. The van der Waals surface area contributed by atoms with Gasteiger partial charge in [-0.15, -0.1) is 0 Å². The van der Waals surface area contributed by atoms with Crippen LogP contribution in [0.1, 0.15) is 15.9 Å². The number of thiophene rings is 1. The molecule has 0 bridgehead atoms. The number of rotatable bonds is 2. The molecule has 0 radical (unpaired) electrons. The largest absolute Gasteiger partial charge is 0.397 e. The first-order valence-electron chi connectivity index (χ1n) is 4.97. The van der Waals surface area contributed by atoms with Crippen LogP contribution in [-0.2, 0) is 0 Å². The van der Waals surface area contributed by atoms with E-state index in [0.717, 1.165) is 10.0 Å². The molecule has 3 N–H and O–H groups in total. The Labute approximate surface area is 112 Å². The average molecular weight is 311 g/mol. The Morgan fingerprint density at radius 2 is 2.24 bits per heavy atom. The molecule has 0 spiro atoms. The SMILES string of the molecule is Cc1cc(Br)cc(N)c1NC(=O)c1ccsc1. The number of amides is 1. The lowest BCUT2D eigenvalue weighted by molar-refractivity contribution is 0.102. The summed E-state index contributed by atoms with van der Waals surface area (Å²) in [5.74, 6) is -0.136. The smallest absolute Gasteiger partial charge is 0.256 e. The highest BCUT2D eigenvalue weighted by Gasteiger charge is 2.11. The van der Waals surface area contributed by atoms with Crippen LogP contribution in [0.25, 0.3) is 0 Å². The Kier molecular flexibility index (Phi) is 3.49. The van der Waals surface area contributed by atoms with Crippen LogP contribution >= 0.6 is 27.3 Å². The molecule has 0 saturated carbocycles. The van der Waals surface area contributed by atoms with Gasteiger partial charge in [0.2, 0.25) is 0 Å². The van der Waals surface area contributed by atoms with Gasteiger partial charge >= 0.3 is 0 Å². The quantitative estimate of drug-likeness (QED) is 0.832. The van der Waals surface area contributed by atoms with Gasteiger partial charge in [0.15, 0.2) is 0 Å². The zero-order valence-electron chi connectivity index (χ0n) is 9.16. The van der Waals surface area contributed by atoms with Crippen molar-refractivity contribution in [3.8, 4) is 0 Å². The number of nitrogens with two attached hydrogens (primary N) is 1. The molecule has 88 valence electrons. The summed E-state index contributed by atoms with van der Waals surface area (Å²) in [5.41, 5.74) is 8.69. The van der Waals surface area contributed by atoms with Crippen LogP contribution in [0.15, 0.2) is 33.4 Å². The fraction of sp³-hybridized carbons (Fsp3) is 0.0833. The number of anilines is 2. The molecule has 0 unspecified atom stereocenters. The number of hydrogen-bond donors (Lipinski definition) is 2. The van der Waals surface area contributed by atoms with E-state index in [1.54, 1.807) is 17.5 Å². The summed E-state index contributed by atoms with van der Waals surface area (Å²) >= 11 is 4.85. The van der Waals surface area contributed by atoms with Gasteiger partial charge in [-0.1, -0.05) is 15.9 Å². The molecule has 1 aromatic carbocycles. The highest BCUT2D eigenvalue weighted by Crippen LogP contribution is 2.28. The number of hydrogen-bond acceptors (Lipinski definition) is 3. The number of nitrogens with one attached hydrogen (secondary N) is 1. The van der Waals surface area contributed by atoms with Crippen molar-refractivity contribution in [1.82, 2.24) is 0 Å². The van der Waals surface area contributed by atoms with Crippen molar-refractivity contribution in [2.45, 2.75) is 6.92 Å². The maximum absolute atomic E-state index is 11.9. The number of nitrogen functional groups attached to an aromatic ring is 1. The van der Waals surface area contributed by atoms with Gasteiger partial charge in [-0.3, -0.25) is 4.79 Å². The second kappa shape index (κ2) is 4.89. The Morgan fingerprint density at radius 1 is 1.47 bits per heavy atom. The van der Waals surface area contributed by atoms with E-state index in [0.29, 0.717) is 16.9 Å². The Morgan fingerprint density at radius 3 is 2.82 bits per heavy atom. The van der Waals surface area contributed by atoms with Crippen LogP contribution < -0.4 is 11.1 Å². The topological polar surface area (TPSA) is 55.1 Å². The van der Waals surface area contributed by atoms with E-state index in [2.05, 4.69) is 21.2 Å². The number of carbonyl (C=O) groups excluding carboxylic acids is 1. The maximum atomic E-state index is 11.9. The van der Waals surface area contributed by atoms with Crippen molar-refractivity contribution in [2.24, 2.45) is 0 Å². The summed E-state index contributed by atoms with van der Waals surface area (Å²) in [7, 11) is 0. The zero-order chi connectivity index (χ0) is 12.4. The highest BCUT2D eigenvalue weighted by molar-refractivity contribution is 9.10. The molecule has 0 aliphatic heterocycles. The lowest BCUT2D eigenvalue weighted by Gasteiger charge is -2.11. The molecule has 0 fully saturated rings. The van der Waals surface area contributed by atoms with Crippen molar-refractivity contribution in [2.75, 3.05) is 11.1 Å². The molecule has 3 nitrogen and oxygen atoms in total. The van der Waals surface area contributed by atoms with Gasteiger partial charge in [-0.05, 0) is 36.1 Å². The molecule has 1 heterocycles. The molecule has 17 heavy (non-hydrogen) atoms. The summed E-state index contributed by atoms with van der Waals surface area (Å²) in [6, 6.07) is 5.47. The number of halogens is 1. The second-order valence-corrected chi connectivity index (χ2v) is 5.35. The van der Waals surface area contributed by atoms with Crippen molar-refractivity contribution < 1.29 is 4.79 Å². The van der Waals surface area contributed by atoms with Crippen molar-refractivity contribution in [3.63, 3.8) is 0 Å². The molecule has 2 aromatic rings. The molecule has 1 amide bonds. The summed E-state index contributed by atoms with van der Waals surface area (Å²) in [6.45, 7) is 1.91. The van der Waals surface area contributed by atoms with E-state index >= 15 is 0 Å². The fourth-order valence-electron chi connectivity index (χ4n) is 1.52. The van der Waals surface area contributed by atoms with Gasteiger partial charge < -0.3 is 11.1 Å². The maximum Gasteiger partial charge on any atom is 0.256 e. The van der Waals surface area contributed by atoms with Crippen molar-refractivity contribution >= 4 is 44.5 Å². The molecular weight excluding hydrogens is 300 g/mol. The van der Waals surface area contributed by atoms with Crippen LogP contribution in [0.5, 0.6) is 0 Å². The molecule has 0 atom stereocenters. The normalized spacial score (nSPS) is 10.2. The number of benzene rings is 1. The molecular formula is C12H11BrN2OS. The average Bonchev–Trinajstić information content (AvgIpc) is 2.76. The highest BCUT2D eigenvalue weighted by atomic mass is 79.9. The van der Waals surface area contributed by atoms with E-state index in [1.165, 1.54) is 11.3 Å². The third-order valence-electron chi connectivity index (χ3n) is 2.35. The predicted molar refractivity (Wildman–Crippen MR) is 75.6 cm³/mol. The molecule has 2 rings (SSSR count). The third kappa shape index (κ3) is 2.68. The summed E-state index contributed by atoms with van der Waals surface area (Å²) in [4.78, 5) is 11.9. The minimum Gasteiger partial charge on any atom is -0.397 e. The Balaban J connectivity index is 2.28. The van der Waals surface area contributed by atoms with Crippen molar-refractivity contribution in [3.05, 3.63) is 44.6 Å².